The number of hydrogen-bond acceptors (Lipinski definition) is 4. The minimum Gasteiger partial charge on any atom is -0.396 e. The average Bonchev–Trinajstić information content (AvgIpc) is 2.44. The van der Waals surface area contributed by atoms with Crippen molar-refractivity contribution < 1.29 is 23.0 Å². The van der Waals surface area contributed by atoms with Gasteiger partial charge >= 0.3 is 0 Å². The Hall–Kier alpha value is -1.73. The van der Waals surface area contributed by atoms with Crippen LogP contribution in [0.5, 0.6) is 0 Å². The summed E-state index contributed by atoms with van der Waals surface area (Å²) in [5, 5.41) is 0. The molecule has 0 aliphatic heterocycles. The molecule has 1 rings (SSSR count). The van der Waals surface area contributed by atoms with E-state index in [1.807, 2.05) is 0 Å². The Morgan fingerprint density at radius 2 is 2.00 bits per heavy atom. The number of hydrogen-bond donors (Lipinski definition) is 1. The van der Waals surface area contributed by atoms with Crippen LogP contribution < -0.4 is 5.73 Å². The van der Waals surface area contributed by atoms with E-state index < -0.39 is 23.1 Å². The summed E-state index contributed by atoms with van der Waals surface area (Å²) >= 11 is 0. The molecule has 5 nitrogen and oxygen atoms in total. The van der Waals surface area contributed by atoms with Gasteiger partial charge in [-0.1, -0.05) is 0 Å². The lowest BCUT2D eigenvalue weighted by molar-refractivity contribution is 0.0471. The molecule has 0 saturated heterocycles. The van der Waals surface area contributed by atoms with E-state index in [0.29, 0.717) is 0 Å². The minimum atomic E-state index is -1.05. The Morgan fingerprint density at radius 1 is 1.33 bits per heavy atom. The van der Waals surface area contributed by atoms with Crippen molar-refractivity contribution in [3.63, 3.8) is 0 Å². The molecule has 1 unspecified atom stereocenters. The average molecular weight is 302 g/mol. The summed E-state index contributed by atoms with van der Waals surface area (Å²) in [6.45, 7) is 2.39. The van der Waals surface area contributed by atoms with Crippen molar-refractivity contribution in [2.24, 2.45) is 0 Å². The molecule has 7 heteroatoms. The van der Waals surface area contributed by atoms with E-state index in [2.05, 4.69) is 0 Å². The maximum Gasteiger partial charge on any atom is 0.260 e. The maximum absolute atomic E-state index is 14.0. The first kappa shape index (κ1) is 17.3. The fourth-order valence-electron chi connectivity index (χ4n) is 1.95. The Morgan fingerprint density at radius 3 is 2.57 bits per heavy atom. The van der Waals surface area contributed by atoms with Gasteiger partial charge in [0, 0.05) is 20.8 Å². The standard InChI is InChI=1S/C14H20F2N2O3/c1-9(8-21-3)18(6-7-20-2)14(19)12-10(15)4-5-11(17)13(12)16/h4-5,9H,6-8,17H2,1-3H3. The SMILES string of the molecule is COCCN(C(=O)c1c(F)ccc(N)c1F)C(C)COC. The molecule has 1 atom stereocenters. The number of ether oxygens (including phenoxy) is 2. The summed E-state index contributed by atoms with van der Waals surface area (Å²) in [7, 11) is 2.96. The number of carbonyl (C=O) groups is 1. The molecule has 0 spiro atoms. The molecule has 1 aromatic rings. The highest BCUT2D eigenvalue weighted by atomic mass is 19.1. The van der Waals surface area contributed by atoms with E-state index >= 15 is 0 Å². The van der Waals surface area contributed by atoms with Crippen LogP contribution >= 0.6 is 0 Å². The van der Waals surface area contributed by atoms with Gasteiger partial charge in [-0.15, -0.1) is 0 Å². The van der Waals surface area contributed by atoms with Crippen molar-refractivity contribution >= 4 is 11.6 Å². The lowest BCUT2D eigenvalue weighted by atomic mass is 10.1. The molecule has 0 heterocycles. The third-order valence-corrected chi connectivity index (χ3v) is 3.07. The van der Waals surface area contributed by atoms with Crippen molar-refractivity contribution in [1.82, 2.24) is 4.90 Å². The van der Waals surface area contributed by atoms with Gasteiger partial charge < -0.3 is 20.1 Å². The number of methoxy groups -OCH3 is 2. The number of amides is 1. The molecular formula is C14H20F2N2O3. The molecule has 0 radical (unpaired) electrons. The largest absolute Gasteiger partial charge is 0.396 e. The Labute approximate surface area is 122 Å². The first-order valence-electron chi connectivity index (χ1n) is 6.46. The van der Waals surface area contributed by atoms with E-state index in [-0.39, 0.29) is 31.5 Å². The second-order valence-corrected chi connectivity index (χ2v) is 4.62. The Kier molecular flexibility index (Phi) is 6.51. The zero-order valence-corrected chi connectivity index (χ0v) is 12.4. The molecule has 0 aromatic heterocycles. The van der Waals surface area contributed by atoms with Crippen LogP contribution in [-0.2, 0) is 9.47 Å². The maximum atomic E-state index is 14.0. The van der Waals surface area contributed by atoms with Crippen LogP contribution in [0.2, 0.25) is 0 Å². The van der Waals surface area contributed by atoms with Crippen LogP contribution in [-0.4, -0.2) is 50.8 Å². The minimum absolute atomic E-state index is 0.188. The van der Waals surface area contributed by atoms with Gasteiger partial charge in [-0.3, -0.25) is 4.79 Å². The number of benzene rings is 1. The monoisotopic (exact) mass is 302 g/mol. The van der Waals surface area contributed by atoms with E-state index in [1.54, 1.807) is 6.92 Å². The van der Waals surface area contributed by atoms with Gasteiger partial charge in [0.15, 0.2) is 5.82 Å². The van der Waals surface area contributed by atoms with Crippen LogP contribution in [0, 0.1) is 11.6 Å². The van der Waals surface area contributed by atoms with Gasteiger partial charge in [-0.25, -0.2) is 8.78 Å². The number of rotatable bonds is 7. The van der Waals surface area contributed by atoms with Crippen molar-refractivity contribution in [2.75, 3.05) is 39.7 Å². The third kappa shape index (κ3) is 4.12. The summed E-state index contributed by atoms with van der Waals surface area (Å²) in [5.41, 5.74) is 4.47. The molecule has 1 aromatic carbocycles. The van der Waals surface area contributed by atoms with Gasteiger partial charge in [0.2, 0.25) is 0 Å². The van der Waals surface area contributed by atoms with Gasteiger partial charge in [0.25, 0.3) is 5.91 Å². The number of halogens is 2. The van der Waals surface area contributed by atoms with Crippen LogP contribution in [0.1, 0.15) is 17.3 Å². The van der Waals surface area contributed by atoms with Crippen molar-refractivity contribution in [2.45, 2.75) is 13.0 Å². The molecule has 118 valence electrons. The van der Waals surface area contributed by atoms with Crippen molar-refractivity contribution in [1.29, 1.82) is 0 Å². The number of nitrogens with two attached hydrogens (primary N) is 1. The van der Waals surface area contributed by atoms with Crippen molar-refractivity contribution in [3.05, 3.63) is 29.3 Å². The summed E-state index contributed by atoms with van der Waals surface area (Å²) in [6, 6.07) is 1.69. The molecule has 21 heavy (non-hydrogen) atoms. The quantitative estimate of drug-likeness (QED) is 0.778. The highest BCUT2D eigenvalue weighted by molar-refractivity contribution is 5.96. The van der Waals surface area contributed by atoms with Gasteiger partial charge in [-0.2, -0.15) is 0 Å². The zero-order chi connectivity index (χ0) is 16.0. The van der Waals surface area contributed by atoms with E-state index in [9.17, 15) is 13.6 Å². The predicted octanol–water partition coefficient (Wildman–Crippen LogP) is 1.67. The molecule has 1 amide bonds. The molecular weight excluding hydrogens is 282 g/mol. The van der Waals surface area contributed by atoms with Crippen molar-refractivity contribution in [3.8, 4) is 0 Å². The van der Waals surface area contributed by atoms with E-state index in [0.717, 1.165) is 12.1 Å². The molecule has 0 fully saturated rings. The lowest BCUT2D eigenvalue weighted by Gasteiger charge is -2.29. The van der Waals surface area contributed by atoms with Crippen LogP contribution in [0.15, 0.2) is 12.1 Å². The van der Waals surface area contributed by atoms with Crippen LogP contribution in [0.25, 0.3) is 0 Å². The number of anilines is 1. The van der Waals surface area contributed by atoms with Gasteiger partial charge in [0.05, 0.1) is 24.9 Å². The lowest BCUT2D eigenvalue weighted by Crippen LogP contribution is -2.43. The number of carbonyl (C=O) groups excluding carboxylic acids is 1. The highest BCUT2D eigenvalue weighted by Crippen LogP contribution is 2.21. The number of nitrogen functional groups attached to an aromatic ring is 1. The summed E-state index contributed by atoms with van der Waals surface area (Å²) in [4.78, 5) is 13.7. The Balaban J connectivity index is 3.13. The van der Waals surface area contributed by atoms with E-state index in [1.165, 1.54) is 19.1 Å². The highest BCUT2D eigenvalue weighted by Gasteiger charge is 2.27. The zero-order valence-electron chi connectivity index (χ0n) is 12.4. The smallest absolute Gasteiger partial charge is 0.260 e. The van der Waals surface area contributed by atoms with Gasteiger partial charge in [-0.05, 0) is 19.1 Å². The molecule has 0 aliphatic carbocycles. The summed E-state index contributed by atoms with van der Waals surface area (Å²) in [6.07, 6.45) is 0. The van der Waals surface area contributed by atoms with Crippen LogP contribution in [0.4, 0.5) is 14.5 Å². The normalized spacial score (nSPS) is 12.2. The molecule has 0 bridgehead atoms. The second kappa shape index (κ2) is 7.90. The Bertz CT molecular complexity index is 497. The molecule has 0 aliphatic rings. The van der Waals surface area contributed by atoms with E-state index in [4.69, 9.17) is 15.2 Å². The molecule has 0 saturated carbocycles. The topological polar surface area (TPSA) is 64.8 Å². The van der Waals surface area contributed by atoms with Crippen LogP contribution in [0.3, 0.4) is 0 Å². The summed E-state index contributed by atoms with van der Waals surface area (Å²) in [5.74, 6) is -2.77. The first-order chi connectivity index (χ1) is 9.93. The fraction of sp³-hybridized carbons (Fsp3) is 0.500. The number of nitrogens with zero attached hydrogens (tertiary/aromatic N) is 1. The van der Waals surface area contributed by atoms with Gasteiger partial charge in [0.1, 0.15) is 11.4 Å². The molecule has 2 N–H and O–H groups in total. The fourth-order valence-corrected chi connectivity index (χ4v) is 1.95. The second-order valence-electron chi connectivity index (χ2n) is 4.62. The third-order valence-electron chi connectivity index (χ3n) is 3.07. The summed E-state index contributed by atoms with van der Waals surface area (Å²) < 4.78 is 37.7. The predicted molar refractivity (Wildman–Crippen MR) is 75.0 cm³/mol. The first-order valence-corrected chi connectivity index (χ1v) is 6.46.